The van der Waals surface area contributed by atoms with E-state index in [1.807, 2.05) is 0 Å². The van der Waals surface area contributed by atoms with Gasteiger partial charge in [0.2, 0.25) is 33.3 Å². The summed E-state index contributed by atoms with van der Waals surface area (Å²) < 4.78 is 7.80. The largest absolute Gasteiger partial charge is 0.394 e. The van der Waals surface area contributed by atoms with E-state index < -0.39 is 0 Å². The summed E-state index contributed by atoms with van der Waals surface area (Å²) in [6.07, 6.45) is 7.84. The molecular weight excluding hydrogens is 653 g/mol. The van der Waals surface area contributed by atoms with Gasteiger partial charge in [-0.1, -0.05) is 44.0 Å². The first-order valence-corrected chi connectivity index (χ1v) is 15.6. The second-order valence-corrected chi connectivity index (χ2v) is 10.2. The number of amides is 2. The fraction of sp³-hybridized carbons (Fsp3) is 0.438. The Hall–Kier alpha value is -5.83. The number of thiol groups is 1. The quantitative estimate of drug-likeness (QED) is 0.0758. The highest BCUT2D eigenvalue weighted by atomic mass is 32.1. The molecule has 266 valence electrons. The average molecular weight is 705 g/mol. The third-order valence-corrected chi connectivity index (χ3v) is 6.81. The minimum absolute atomic E-state index is 0. The maximum absolute atomic E-state index is 12.6. The van der Waals surface area contributed by atoms with Gasteiger partial charge in [-0.2, -0.15) is 9.36 Å². The van der Waals surface area contributed by atoms with E-state index in [0.717, 1.165) is 37.4 Å². The van der Waals surface area contributed by atoms with Crippen LogP contribution in [0.1, 0.15) is 78.6 Å². The molecule has 1 aromatic rings. The van der Waals surface area contributed by atoms with E-state index in [1.165, 1.54) is 37.7 Å². The Morgan fingerprint density at radius 1 is 0.979 bits per heavy atom. The van der Waals surface area contributed by atoms with Gasteiger partial charge in [0.05, 0.1) is 16.2 Å². The minimum atomic E-state index is -0.264. The molecule has 2 heterocycles. The van der Waals surface area contributed by atoms with Crippen molar-refractivity contribution in [1.82, 2.24) is 14.7 Å². The monoisotopic (exact) mass is 704 g/mol. The average Bonchev–Trinajstić information content (AvgIpc) is 3.56. The Bertz CT molecular complexity index is 1700. The van der Waals surface area contributed by atoms with Gasteiger partial charge in [0.15, 0.2) is 0 Å². The standard InChI is InChI=1S/C16H25N5O2S.C16H6.H3N5O2S.9H2/c1-11(22)17-15-19-16(24-20-15)21-9-5-6-12(10-21)14(23)18-13-7-3-2-4-8-13;1-3-5-7-9-11-13-15-16-14-12-10-8-6-4-2;1-2-3-4-5(6)7-8;;;;;;;;;/h12-13H,2-10H2,1H3,(H,18,23)(H,17,20,22);1-2H3;8H,(H2,1,3);9*1H. The van der Waals surface area contributed by atoms with Crippen LogP contribution in [0.3, 0.4) is 0 Å². The number of piperidine rings is 1. The van der Waals surface area contributed by atoms with Crippen LogP contribution in [0.5, 0.6) is 0 Å². The van der Waals surface area contributed by atoms with Crippen LogP contribution in [0.15, 0.2) is 15.7 Å². The summed E-state index contributed by atoms with van der Waals surface area (Å²) in [4.78, 5) is 30.1. The summed E-state index contributed by atoms with van der Waals surface area (Å²) in [7, 11) is 0. The Morgan fingerprint density at radius 3 is 2.04 bits per heavy atom. The molecule has 1 aliphatic heterocycles. The maximum Gasteiger partial charge on any atom is 0.243 e. The molecule has 1 atom stereocenters. The molecule has 1 aromatic heterocycles. The third-order valence-electron chi connectivity index (χ3n) is 5.89. The molecule has 2 amide bonds. The molecule has 1 saturated heterocycles. The van der Waals surface area contributed by atoms with Crippen molar-refractivity contribution >= 4 is 47.3 Å². The van der Waals surface area contributed by atoms with Crippen molar-refractivity contribution in [2.75, 3.05) is 23.3 Å². The van der Waals surface area contributed by atoms with E-state index in [0.29, 0.717) is 18.5 Å². The topological polar surface area (TPSA) is 186 Å². The van der Waals surface area contributed by atoms with Crippen molar-refractivity contribution in [3.8, 4) is 82.9 Å². The summed E-state index contributed by atoms with van der Waals surface area (Å²) >= 11 is 4.33. The highest BCUT2D eigenvalue weighted by molar-refractivity contribution is 7.74. The van der Waals surface area contributed by atoms with Crippen molar-refractivity contribution < 1.29 is 31.7 Å². The summed E-state index contributed by atoms with van der Waals surface area (Å²) in [6.45, 7) is 6.41. The Kier molecular flexibility index (Phi) is 22.1. The number of hydrogen-bond acceptors (Lipinski definition) is 10. The molecule has 16 heteroatoms. The minimum Gasteiger partial charge on any atom is -0.394 e. The fourth-order valence-electron chi connectivity index (χ4n) is 3.99. The lowest BCUT2D eigenvalue weighted by atomic mass is 9.93. The number of rotatable bonds is 6. The molecule has 0 spiro atoms. The van der Waals surface area contributed by atoms with Crippen LogP contribution < -0.4 is 21.4 Å². The van der Waals surface area contributed by atoms with E-state index in [-0.39, 0.29) is 35.6 Å². The van der Waals surface area contributed by atoms with E-state index in [4.69, 9.17) is 0 Å². The Morgan fingerprint density at radius 2 is 1.54 bits per heavy atom. The number of nitrogens with two attached hydrogens (primary N) is 1. The molecule has 14 nitrogen and oxygen atoms in total. The molecule has 0 aromatic carbocycles. The fourth-order valence-corrected chi connectivity index (χ4v) is 4.69. The van der Waals surface area contributed by atoms with E-state index in [9.17, 15) is 14.8 Å². The lowest BCUT2D eigenvalue weighted by molar-refractivity contribution is -0.744. The molecule has 2 fully saturated rings. The first-order chi connectivity index (χ1) is 23.3. The predicted octanol–water partition coefficient (Wildman–Crippen LogP) is 5.39. The van der Waals surface area contributed by atoms with Crippen LogP contribution in [0.25, 0.3) is 0 Å². The van der Waals surface area contributed by atoms with E-state index in [2.05, 4.69) is 146 Å². The SMILES string of the molecule is CC#CC#CC#CC#CC#CC#CC#CC.CC(=O)Nc1nsc(N2CCCC(C(=O)NC3CCCCC3)C2)n1.NN=NN=[N+]([O-])OS.[HH].[HH].[HH].[HH].[HH].[HH].[HH].[HH].[HH]. The van der Waals surface area contributed by atoms with Gasteiger partial charge in [-0.05, 0) is 111 Å². The molecule has 1 unspecified atom stereocenters. The zero-order valence-electron chi connectivity index (χ0n) is 26.7. The van der Waals surface area contributed by atoms with Gasteiger partial charge >= 0.3 is 0 Å². The second-order valence-electron chi connectivity index (χ2n) is 9.32. The molecule has 4 N–H and O–H groups in total. The molecule has 2 aliphatic rings. The van der Waals surface area contributed by atoms with Crippen LogP contribution in [0.4, 0.5) is 11.1 Å². The smallest absolute Gasteiger partial charge is 0.243 e. The van der Waals surface area contributed by atoms with Crippen molar-refractivity contribution in [2.24, 2.45) is 27.4 Å². The summed E-state index contributed by atoms with van der Waals surface area (Å²) in [5.74, 6) is 40.4. The number of nitrogens with one attached hydrogen (secondary N) is 2. The number of carbonyl (C=O) groups excluding carboxylic acids is 2. The molecule has 3 rings (SSSR count). The lowest BCUT2D eigenvalue weighted by Crippen LogP contribution is -2.46. The van der Waals surface area contributed by atoms with Crippen LogP contribution in [-0.2, 0) is 13.9 Å². The van der Waals surface area contributed by atoms with Crippen molar-refractivity contribution in [2.45, 2.75) is 71.8 Å². The number of anilines is 2. The van der Waals surface area contributed by atoms with Crippen molar-refractivity contribution in [3.05, 3.63) is 5.21 Å². The van der Waals surface area contributed by atoms with Gasteiger partial charge < -0.3 is 19.7 Å². The lowest BCUT2D eigenvalue weighted by Gasteiger charge is -2.33. The highest BCUT2D eigenvalue weighted by Crippen LogP contribution is 2.26. The van der Waals surface area contributed by atoms with Gasteiger partial charge in [-0.3, -0.25) is 20.7 Å². The van der Waals surface area contributed by atoms with Gasteiger partial charge in [0.1, 0.15) is 0 Å². The van der Waals surface area contributed by atoms with Crippen molar-refractivity contribution in [3.63, 3.8) is 0 Å². The van der Waals surface area contributed by atoms with Gasteiger partial charge in [0.25, 0.3) is 0 Å². The van der Waals surface area contributed by atoms with Crippen LogP contribution in [-0.4, -0.2) is 45.3 Å². The summed E-state index contributed by atoms with van der Waals surface area (Å²) in [6, 6.07) is 0.356. The van der Waals surface area contributed by atoms with Gasteiger partial charge in [-0.15, -0.1) is 0 Å². The molecule has 48 heavy (non-hydrogen) atoms. The van der Waals surface area contributed by atoms with Crippen molar-refractivity contribution in [1.29, 1.82) is 0 Å². The summed E-state index contributed by atoms with van der Waals surface area (Å²) in [5.41, 5.74) is 0. The first-order valence-electron chi connectivity index (χ1n) is 14.4. The first kappa shape index (κ1) is 40.2. The van der Waals surface area contributed by atoms with Gasteiger partial charge in [-0.25, -0.2) is 0 Å². The Balaban J connectivity index is -0.0000000889. The molecule has 1 saturated carbocycles. The molecular formula is C32H52N10O4S2. The maximum atomic E-state index is 12.6. The third kappa shape index (κ3) is 19.5. The molecule has 0 bridgehead atoms. The van der Waals surface area contributed by atoms with Crippen LogP contribution in [0.2, 0.25) is 0 Å². The van der Waals surface area contributed by atoms with Crippen LogP contribution >= 0.6 is 24.4 Å². The number of nitrogens with zero attached hydrogens (tertiary/aromatic N) is 7. The number of hydrogen-bond donors (Lipinski definition) is 4. The highest BCUT2D eigenvalue weighted by Gasteiger charge is 2.29. The zero-order chi connectivity index (χ0) is 35.2. The second kappa shape index (κ2) is 26.4. The molecule has 1 aliphatic carbocycles. The Labute approximate surface area is 304 Å². The van der Waals surface area contributed by atoms with E-state index >= 15 is 0 Å². The normalized spacial score (nSPS) is 14.5. The zero-order valence-corrected chi connectivity index (χ0v) is 28.4. The summed E-state index contributed by atoms with van der Waals surface area (Å²) in [5, 5.41) is 24.2. The predicted molar refractivity (Wildman–Crippen MR) is 204 cm³/mol. The number of carbonyl (C=O) groups is 2. The van der Waals surface area contributed by atoms with E-state index in [1.54, 1.807) is 13.8 Å². The van der Waals surface area contributed by atoms with Gasteiger partial charge in [0, 0.05) is 50.4 Å². The molecule has 0 radical (unpaired) electrons. The number of aromatic nitrogens is 2. The van der Waals surface area contributed by atoms with Crippen LogP contribution in [0, 0.1) is 94.0 Å².